The zero-order chi connectivity index (χ0) is 16.4. The normalized spacial score (nSPS) is 10.5. The van der Waals surface area contributed by atoms with E-state index < -0.39 is 5.63 Å². The lowest BCUT2D eigenvalue weighted by molar-refractivity contribution is 0.438. The van der Waals surface area contributed by atoms with E-state index in [0.717, 1.165) is 11.3 Å². The fourth-order valence-corrected chi connectivity index (χ4v) is 2.16. The van der Waals surface area contributed by atoms with Gasteiger partial charge >= 0.3 is 5.63 Å². The van der Waals surface area contributed by atoms with Crippen LogP contribution in [0.1, 0.15) is 11.3 Å². The van der Waals surface area contributed by atoms with Crippen molar-refractivity contribution in [1.82, 2.24) is 9.97 Å². The molecule has 0 aliphatic heterocycles. The highest BCUT2D eigenvalue weighted by molar-refractivity contribution is 5.66. The molecule has 0 unspecified atom stereocenters. The minimum absolute atomic E-state index is 0.0185. The molecule has 0 saturated carbocycles. The summed E-state index contributed by atoms with van der Waals surface area (Å²) in [4.78, 5) is 20.4. The summed E-state index contributed by atoms with van der Waals surface area (Å²) in [7, 11) is 0. The minimum Gasteiger partial charge on any atom is -0.507 e. The topological polar surface area (TPSA) is 88.3 Å². The fraction of sp³-hybridized carbons (Fsp3) is 0.118. The van der Waals surface area contributed by atoms with E-state index in [1.807, 2.05) is 31.2 Å². The SMILES string of the molecule is Cc1ccc(Nc2nccc(-c3c(O)cc(C)oc3=O)n2)cc1. The largest absolute Gasteiger partial charge is 0.507 e. The molecule has 23 heavy (non-hydrogen) atoms. The molecule has 0 fully saturated rings. The number of aromatic nitrogens is 2. The number of hydrogen-bond donors (Lipinski definition) is 2. The zero-order valence-corrected chi connectivity index (χ0v) is 12.7. The highest BCUT2D eigenvalue weighted by atomic mass is 16.4. The second kappa shape index (κ2) is 5.92. The maximum atomic E-state index is 12.0. The maximum Gasteiger partial charge on any atom is 0.349 e. The van der Waals surface area contributed by atoms with Crippen LogP contribution in [0, 0.1) is 13.8 Å². The van der Waals surface area contributed by atoms with Gasteiger partial charge in [-0.15, -0.1) is 0 Å². The van der Waals surface area contributed by atoms with Crippen LogP contribution in [-0.4, -0.2) is 15.1 Å². The van der Waals surface area contributed by atoms with Crippen molar-refractivity contribution < 1.29 is 9.52 Å². The molecule has 0 aliphatic rings. The zero-order valence-electron chi connectivity index (χ0n) is 12.7. The van der Waals surface area contributed by atoms with E-state index in [1.165, 1.54) is 12.3 Å². The average Bonchev–Trinajstić information content (AvgIpc) is 2.49. The molecule has 116 valence electrons. The molecule has 6 nitrogen and oxygen atoms in total. The number of aryl methyl sites for hydroxylation is 2. The van der Waals surface area contributed by atoms with Crippen LogP contribution >= 0.6 is 0 Å². The van der Waals surface area contributed by atoms with Crippen molar-refractivity contribution in [1.29, 1.82) is 0 Å². The predicted molar refractivity (Wildman–Crippen MR) is 86.9 cm³/mol. The van der Waals surface area contributed by atoms with E-state index in [1.54, 1.807) is 13.0 Å². The second-order valence-electron chi connectivity index (χ2n) is 5.16. The monoisotopic (exact) mass is 309 g/mol. The number of rotatable bonds is 3. The minimum atomic E-state index is -0.637. The lowest BCUT2D eigenvalue weighted by Crippen LogP contribution is -2.06. The van der Waals surface area contributed by atoms with E-state index in [2.05, 4.69) is 15.3 Å². The third kappa shape index (κ3) is 3.21. The quantitative estimate of drug-likeness (QED) is 0.772. The Kier molecular flexibility index (Phi) is 3.80. The standard InChI is InChI=1S/C17H15N3O3/c1-10-3-5-12(6-4-10)19-17-18-8-7-13(20-17)15-14(21)9-11(2)23-16(15)22/h3-9,21H,1-2H3,(H,18,19,20). The first-order valence-electron chi connectivity index (χ1n) is 7.04. The molecule has 0 radical (unpaired) electrons. The Bertz CT molecular complexity index is 902. The number of nitrogens with zero attached hydrogens (tertiary/aromatic N) is 2. The number of hydrogen-bond acceptors (Lipinski definition) is 6. The molecule has 3 aromatic rings. The summed E-state index contributed by atoms with van der Waals surface area (Å²) in [6.07, 6.45) is 1.51. The van der Waals surface area contributed by atoms with Crippen LogP contribution in [0.2, 0.25) is 0 Å². The fourth-order valence-electron chi connectivity index (χ4n) is 2.16. The van der Waals surface area contributed by atoms with E-state index >= 15 is 0 Å². The van der Waals surface area contributed by atoms with Crippen LogP contribution < -0.4 is 10.9 Å². The summed E-state index contributed by atoms with van der Waals surface area (Å²) in [5, 5.41) is 13.1. The molecule has 0 bridgehead atoms. The summed E-state index contributed by atoms with van der Waals surface area (Å²) in [6.45, 7) is 3.59. The number of nitrogens with one attached hydrogen (secondary N) is 1. The van der Waals surface area contributed by atoms with Gasteiger partial charge in [-0.25, -0.2) is 14.8 Å². The van der Waals surface area contributed by atoms with Crippen LogP contribution in [0.5, 0.6) is 5.75 Å². The number of aromatic hydroxyl groups is 1. The smallest absolute Gasteiger partial charge is 0.349 e. The van der Waals surface area contributed by atoms with Gasteiger partial charge in [0, 0.05) is 18.0 Å². The van der Waals surface area contributed by atoms with Crippen molar-refractivity contribution in [3.8, 4) is 17.0 Å². The molecule has 0 spiro atoms. The van der Waals surface area contributed by atoms with Gasteiger partial charge in [0.2, 0.25) is 5.95 Å². The Hall–Kier alpha value is -3.15. The van der Waals surface area contributed by atoms with E-state index in [0.29, 0.717) is 17.4 Å². The Morgan fingerprint density at radius 2 is 1.87 bits per heavy atom. The van der Waals surface area contributed by atoms with E-state index in [4.69, 9.17) is 4.42 Å². The molecule has 0 saturated heterocycles. The van der Waals surface area contributed by atoms with Gasteiger partial charge in [-0.3, -0.25) is 0 Å². The van der Waals surface area contributed by atoms with Gasteiger partial charge in [0.15, 0.2) is 0 Å². The van der Waals surface area contributed by atoms with Gasteiger partial charge in [-0.1, -0.05) is 17.7 Å². The highest BCUT2D eigenvalue weighted by Gasteiger charge is 2.14. The molecule has 2 aromatic heterocycles. The molecule has 6 heteroatoms. The Labute approximate surface area is 132 Å². The van der Waals surface area contributed by atoms with Gasteiger partial charge in [0.25, 0.3) is 0 Å². The van der Waals surface area contributed by atoms with Crippen molar-refractivity contribution in [2.45, 2.75) is 13.8 Å². The van der Waals surface area contributed by atoms with Crippen LogP contribution in [-0.2, 0) is 0 Å². The summed E-state index contributed by atoms with van der Waals surface area (Å²) in [5.41, 5.74) is 1.65. The molecule has 0 atom stereocenters. The first-order valence-corrected chi connectivity index (χ1v) is 7.04. The summed E-state index contributed by atoms with van der Waals surface area (Å²) < 4.78 is 5.02. The van der Waals surface area contributed by atoms with Gasteiger partial charge in [0.1, 0.15) is 17.1 Å². The Morgan fingerprint density at radius 1 is 1.13 bits per heavy atom. The van der Waals surface area contributed by atoms with Crippen LogP contribution in [0.15, 0.2) is 51.8 Å². The van der Waals surface area contributed by atoms with Crippen molar-refractivity contribution in [2.75, 3.05) is 5.32 Å². The van der Waals surface area contributed by atoms with Crippen LogP contribution in [0.25, 0.3) is 11.3 Å². The summed E-state index contributed by atoms with van der Waals surface area (Å²) in [5.74, 6) is 0.493. The van der Waals surface area contributed by atoms with Crippen LogP contribution in [0.4, 0.5) is 11.6 Å². The third-order valence-corrected chi connectivity index (χ3v) is 3.27. The highest BCUT2D eigenvalue weighted by Crippen LogP contribution is 2.25. The molecule has 1 aromatic carbocycles. The van der Waals surface area contributed by atoms with Gasteiger partial charge in [0.05, 0.1) is 5.69 Å². The molecule has 0 amide bonds. The maximum absolute atomic E-state index is 12.0. The molecular formula is C17H15N3O3. The molecule has 0 aliphatic carbocycles. The lowest BCUT2D eigenvalue weighted by atomic mass is 10.2. The van der Waals surface area contributed by atoms with Crippen molar-refractivity contribution in [3.63, 3.8) is 0 Å². The van der Waals surface area contributed by atoms with Crippen molar-refractivity contribution >= 4 is 11.6 Å². The molecule has 2 N–H and O–H groups in total. The molecular weight excluding hydrogens is 294 g/mol. The molecule has 2 heterocycles. The second-order valence-corrected chi connectivity index (χ2v) is 5.16. The van der Waals surface area contributed by atoms with Crippen molar-refractivity contribution in [3.05, 3.63) is 64.3 Å². The first kappa shape index (κ1) is 14.8. The molecule has 3 rings (SSSR count). The van der Waals surface area contributed by atoms with Crippen LogP contribution in [0.3, 0.4) is 0 Å². The third-order valence-electron chi connectivity index (χ3n) is 3.27. The average molecular weight is 309 g/mol. The van der Waals surface area contributed by atoms with Gasteiger partial charge in [-0.05, 0) is 32.0 Å². The summed E-state index contributed by atoms with van der Waals surface area (Å²) in [6, 6.07) is 10.7. The number of anilines is 2. The van der Waals surface area contributed by atoms with Gasteiger partial charge < -0.3 is 14.8 Å². The lowest BCUT2D eigenvalue weighted by Gasteiger charge is -2.07. The summed E-state index contributed by atoms with van der Waals surface area (Å²) >= 11 is 0. The van der Waals surface area contributed by atoms with Crippen molar-refractivity contribution in [2.24, 2.45) is 0 Å². The van der Waals surface area contributed by atoms with Gasteiger partial charge in [-0.2, -0.15) is 0 Å². The Balaban J connectivity index is 1.97. The Morgan fingerprint density at radius 3 is 2.57 bits per heavy atom. The predicted octanol–water partition coefficient (Wildman–Crippen LogP) is 3.16. The number of benzene rings is 1. The first-order chi connectivity index (χ1) is 11.0. The van der Waals surface area contributed by atoms with E-state index in [9.17, 15) is 9.90 Å². The van der Waals surface area contributed by atoms with E-state index in [-0.39, 0.29) is 11.3 Å².